The van der Waals surface area contributed by atoms with Gasteiger partial charge in [0, 0.05) is 7.05 Å². The lowest BCUT2D eigenvalue weighted by Gasteiger charge is -2.07. The molecule has 0 atom stereocenters. The summed E-state index contributed by atoms with van der Waals surface area (Å²) < 4.78 is 27.7. The number of hydrogen-bond donors (Lipinski definition) is 1. The van der Waals surface area contributed by atoms with Crippen molar-refractivity contribution in [1.29, 1.82) is 0 Å². The number of carboxylic acids is 1. The van der Waals surface area contributed by atoms with Crippen molar-refractivity contribution in [3.8, 4) is 0 Å². The molecule has 10 heteroatoms. The van der Waals surface area contributed by atoms with Gasteiger partial charge in [-0.05, 0) is 0 Å². The Balaban J connectivity index is 1.72. The van der Waals surface area contributed by atoms with E-state index < -0.39 is 5.97 Å². The summed E-state index contributed by atoms with van der Waals surface area (Å²) >= 11 is 0. The Morgan fingerprint density at radius 1 is 0.958 bits per heavy atom. The molecule has 138 valence electrons. The number of carbonyl (C=O) groups is 1. The predicted octanol–water partition coefficient (Wildman–Crippen LogP) is -0.517. The van der Waals surface area contributed by atoms with E-state index in [9.17, 15) is 4.79 Å². The minimum absolute atomic E-state index is 0.254. The molecule has 0 aliphatic rings. The van der Waals surface area contributed by atoms with Crippen LogP contribution in [-0.4, -0.2) is 85.5 Å². The third kappa shape index (κ3) is 11.9. The van der Waals surface area contributed by atoms with Crippen molar-refractivity contribution in [2.75, 3.05) is 59.5 Å². The van der Waals surface area contributed by atoms with E-state index in [-0.39, 0.29) is 13.2 Å². The molecule has 0 aliphatic carbocycles. The summed E-state index contributed by atoms with van der Waals surface area (Å²) in [6.45, 7) is 3.51. The Labute approximate surface area is 140 Å². The van der Waals surface area contributed by atoms with Crippen LogP contribution in [0.25, 0.3) is 0 Å². The van der Waals surface area contributed by atoms with Gasteiger partial charge in [0.1, 0.15) is 12.3 Å². The molecule has 0 fully saturated rings. The van der Waals surface area contributed by atoms with Crippen LogP contribution in [0.2, 0.25) is 0 Å². The summed E-state index contributed by atoms with van der Waals surface area (Å²) in [5.74, 6) is -0.988. The van der Waals surface area contributed by atoms with E-state index in [1.165, 1.54) is 0 Å². The topological polar surface area (TPSA) is 114 Å². The lowest BCUT2D eigenvalue weighted by molar-refractivity contribution is -0.142. The zero-order chi connectivity index (χ0) is 17.5. The summed E-state index contributed by atoms with van der Waals surface area (Å²) in [4.78, 5) is 10.2. The number of aliphatic carboxylic acids is 1. The molecule has 0 bridgehead atoms. The minimum Gasteiger partial charge on any atom is -0.480 e. The zero-order valence-corrected chi connectivity index (χ0v) is 13.9. The van der Waals surface area contributed by atoms with E-state index in [2.05, 4.69) is 10.3 Å². The first kappa shape index (κ1) is 20.5. The molecule has 0 radical (unpaired) electrons. The maximum atomic E-state index is 10.2. The number of aryl methyl sites for hydroxylation is 1. The van der Waals surface area contributed by atoms with Crippen LogP contribution in [0, 0.1) is 0 Å². The van der Waals surface area contributed by atoms with E-state index in [1.54, 1.807) is 17.9 Å². The highest BCUT2D eigenvalue weighted by molar-refractivity contribution is 5.67. The van der Waals surface area contributed by atoms with Gasteiger partial charge >= 0.3 is 5.97 Å². The number of aromatic nitrogens is 3. The molecule has 0 spiro atoms. The van der Waals surface area contributed by atoms with Crippen LogP contribution >= 0.6 is 0 Å². The van der Waals surface area contributed by atoms with Crippen molar-refractivity contribution in [2.24, 2.45) is 7.05 Å². The number of ether oxygens (including phenoxy) is 5. The minimum atomic E-state index is -0.988. The van der Waals surface area contributed by atoms with Gasteiger partial charge in [-0.15, -0.1) is 5.10 Å². The smallest absolute Gasteiger partial charge is 0.329 e. The Morgan fingerprint density at radius 3 is 1.92 bits per heavy atom. The third-order valence-electron chi connectivity index (χ3n) is 2.61. The molecule has 24 heavy (non-hydrogen) atoms. The fraction of sp³-hybridized carbons (Fsp3) is 0.786. The Hall–Kier alpha value is -1.59. The van der Waals surface area contributed by atoms with E-state index in [1.807, 2.05) is 0 Å². The monoisotopic (exact) mass is 347 g/mol. The van der Waals surface area contributed by atoms with Crippen LogP contribution < -0.4 is 0 Å². The van der Waals surface area contributed by atoms with Gasteiger partial charge in [-0.3, -0.25) is 4.68 Å². The highest BCUT2D eigenvalue weighted by atomic mass is 16.6. The molecule has 1 rings (SSSR count). The van der Waals surface area contributed by atoms with Gasteiger partial charge in [-0.25, -0.2) is 4.79 Å². The van der Waals surface area contributed by atoms with Gasteiger partial charge in [0.2, 0.25) is 0 Å². The maximum absolute atomic E-state index is 10.2. The normalized spacial score (nSPS) is 11.0. The van der Waals surface area contributed by atoms with Crippen molar-refractivity contribution in [2.45, 2.75) is 6.61 Å². The molecule has 10 nitrogen and oxygen atoms in total. The zero-order valence-electron chi connectivity index (χ0n) is 13.9. The van der Waals surface area contributed by atoms with E-state index in [4.69, 9.17) is 28.8 Å². The summed E-state index contributed by atoms with van der Waals surface area (Å²) in [6, 6.07) is 0. The number of hydrogen-bond acceptors (Lipinski definition) is 8. The molecule has 0 unspecified atom stereocenters. The summed E-state index contributed by atoms with van der Waals surface area (Å²) in [5, 5.41) is 16.1. The summed E-state index contributed by atoms with van der Waals surface area (Å²) in [7, 11) is 1.80. The van der Waals surface area contributed by atoms with Crippen molar-refractivity contribution < 1.29 is 33.6 Å². The predicted molar refractivity (Wildman–Crippen MR) is 81.6 cm³/mol. The first-order chi connectivity index (χ1) is 11.7. The summed E-state index contributed by atoms with van der Waals surface area (Å²) in [5.41, 5.74) is 0.786. The third-order valence-corrected chi connectivity index (χ3v) is 2.61. The maximum Gasteiger partial charge on any atom is 0.329 e. The molecular weight excluding hydrogens is 322 g/mol. The molecule has 1 N–H and O–H groups in total. The average molecular weight is 347 g/mol. The van der Waals surface area contributed by atoms with Crippen molar-refractivity contribution in [3.63, 3.8) is 0 Å². The Morgan fingerprint density at radius 2 is 1.46 bits per heavy atom. The Kier molecular flexibility index (Phi) is 11.8. The molecule has 0 aromatic carbocycles. The van der Waals surface area contributed by atoms with Crippen molar-refractivity contribution in [3.05, 3.63) is 11.9 Å². The van der Waals surface area contributed by atoms with E-state index in [0.717, 1.165) is 5.69 Å². The SMILES string of the molecule is Cn1cc(COCCOCCOCCOCCOCC(=O)O)nn1. The molecule has 0 saturated carbocycles. The first-order valence-electron chi connectivity index (χ1n) is 7.64. The number of carboxylic acid groups (broad SMARTS) is 1. The van der Waals surface area contributed by atoms with Gasteiger partial charge in [0.05, 0.1) is 65.7 Å². The van der Waals surface area contributed by atoms with E-state index in [0.29, 0.717) is 52.9 Å². The van der Waals surface area contributed by atoms with Crippen LogP contribution in [0.5, 0.6) is 0 Å². The van der Waals surface area contributed by atoms with Crippen molar-refractivity contribution >= 4 is 5.97 Å². The lowest BCUT2D eigenvalue weighted by Crippen LogP contribution is -2.14. The second-order valence-corrected chi connectivity index (χ2v) is 4.72. The molecule has 0 amide bonds. The van der Waals surface area contributed by atoms with Crippen LogP contribution in [0.4, 0.5) is 0 Å². The van der Waals surface area contributed by atoms with Gasteiger partial charge < -0.3 is 28.8 Å². The standard InChI is InChI=1S/C14H25N3O7/c1-17-10-13(15-16-17)11-23-8-6-21-4-2-20-3-5-22-7-9-24-12-14(18)19/h10H,2-9,11-12H2,1H3,(H,18,19). The van der Waals surface area contributed by atoms with Gasteiger partial charge in [-0.2, -0.15) is 0 Å². The van der Waals surface area contributed by atoms with Crippen LogP contribution in [-0.2, 0) is 42.1 Å². The number of rotatable bonds is 16. The van der Waals surface area contributed by atoms with Gasteiger partial charge in [0.15, 0.2) is 0 Å². The van der Waals surface area contributed by atoms with Crippen LogP contribution in [0.3, 0.4) is 0 Å². The Bertz CT molecular complexity index is 442. The van der Waals surface area contributed by atoms with Gasteiger partial charge in [0.25, 0.3) is 0 Å². The van der Waals surface area contributed by atoms with Gasteiger partial charge in [-0.1, -0.05) is 5.21 Å². The van der Waals surface area contributed by atoms with Crippen LogP contribution in [0.1, 0.15) is 5.69 Å². The second-order valence-electron chi connectivity index (χ2n) is 4.72. The van der Waals surface area contributed by atoms with E-state index >= 15 is 0 Å². The van der Waals surface area contributed by atoms with Crippen LogP contribution in [0.15, 0.2) is 6.20 Å². The molecular formula is C14H25N3O7. The number of nitrogens with zero attached hydrogens (tertiary/aromatic N) is 3. The molecule has 1 aromatic heterocycles. The molecule has 0 aliphatic heterocycles. The highest BCUT2D eigenvalue weighted by Gasteiger charge is 1.98. The average Bonchev–Trinajstić information content (AvgIpc) is 2.96. The highest BCUT2D eigenvalue weighted by Crippen LogP contribution is 1.94. The fourth-order valence-electron chi connectivity index (χ4n) is 1.58. The molecule has 1 aromatic rings. The molecule has 0 saturated heterocycles. The lowest BCUT2D eigenvalue weighted by atomic mass is 10.5. The quantitative estimate of drug-likeness (QED) is 0.395. The largest absolute Gasteiger partial charge is 0.480 e. The summed E-state index contributed by atoms with van der Waals surface area (Å²) in [6.07, 6.45) is 1.80. The second kappa shape index (κ2) is 13.8. The molecule has 1 heterocycles. The first-order valence-corrected chi connectivity index (χ1v) is 7.64. The fourth-order valence-corrected chi connectivity index (χ4v) is 1.58. The van der Waals surface area contributed by atoms with Crippen molar-refractivity contribution in [1.82, 2.24) is 15.0 Å².